The van der Waals surface area contributed by atoms with Gasteiger partial charge in [-0.3, -0.25) is 4.79 Å². The van der Waals surface area contributed by atoms with Crippen LogP contribution in [-0.4, -0.2) is 25.0 Å². The minimum Gasteiger partial charge on any atom is -0.493 e. The largest absolute Gasteiger partial charge is 0.493 e. The van der Waals surface area contributed by atoms with Crippen molar-refractivity contribution in [3.63, 3.8) is 0 Å². The highest BCUT2D eigenvalue weighted by atomic mass is 16.5. The summed E-state index contributed by atoms with van der Waals surface area (Å²) >= 11 is 0. The Bertz CT molecular complexity index is 1300. The number of fused-ring (bicyclic) bond motifs is 1. The molecule has 0 saturated heterocycles. The fraction of sp³-hybridized carbons (Fsp3) is 0.154. The van der Waals surface area contributed by atoms with E-state index < -0.39 is 11.5 Å². The van der Waals surface area contributed by atoms with Gasteiger partial charge in [0.05, 0.1) is 14.2 Å². The maximum absolute atomic E-state index is 13.5. The van der Waals surface area contributed by atoms with Gasteiger partial charge in [-0.05, 0) is 35.4 Å². The van der Waals surface area contributed by atoms with Crippen LogP contribution in [0.4, 0.5) is 0 Å². The molecule has 1 heterocycles. The molecule has 162 valence electrons. The maximum Gasteiger partial charge on any atom is 0.349 e. The van der Waals surface area contributed by atoms with E-state index >= 15 is 0 Å². The molecule has 0 unspecified atom stereocenters. The van der Waals surface area contributed by atoms with Crippen molar-refractivity contribution in [1.29, 1.82) is 0 Å². The number of carbonyl (C=O) groups excluding carboxylic acids is 1. The fourth-order valence-electron chi connectivity index (χ4n) is 3.58. The van der Waals surface area contributed by atoms with Crippen LogP contribution in [0.3, 0.4) is 0 Å². The first kappa shape index (κ1) is 21.2. The van der Waals surface area contributed by atoms with Crippen LogP contribution in [0.15, 0.2) is 88.1 Å². The van der Waals surface area contributed by atoms with E-state index in [1.165, 1.54) is 0 Å². The zero-order valence-corrected chi connectivity index (χ0v) is 17.9. The van der Waals surface area contributed by atoms with Gasteiger partial charge < -0.3 is 18.8 Å². The maximum atomic E-state index is 13.5. The summed E-state index contributed by atoms with van der Waals surface area (Å²) in [6, 6.07) is 23.9. The van der Waals surface area contributed by atoms with E-state index in [-0.39, 0.29) is 12.1 Å². The summed E-state index contributed by atoms with van der Waals surface area (Å²) in [6.07, 6.45) is 0. The van der Waals surface area contributed by atoms with E-state index in [4.69, 9.17) is 13.9 Å². The smallest absolute Gasteiger partial charge is 0.349 e. The van der Waals surface area contributed by atoms with Crippen LogP contribution in [0.25, 0.3) is 11.0 Å². The number of ether oxygens (including phenoxy) is 2. The molecule has 0 bridgehead atoms. The SMILES string of the molecule is COc1ccc(CN(Cc2ccccc2)C(=O)c2cc3ccccc3oc2=O)cc1OC. The van der Waals surface area contributed by atoms with E-state index in [1.807, 2.05) is 54.6 Å². The number of benzene rings is 3. The summed E-state index contributed by atoms with van der Waals surface area (Å²) < 4.78 is 16.1. The first-order valence-electron chi connectivity index (χ1n) is 10.2. The second kappa shape index (κ2) is 9.39. The molecule has 0 saturated carbocycles. The highest BCUT2D eigenvalue weighted by Gasteiger charge is 2.22. The van der Waals surface area contributed by atoms with Crippen LogP contribution in [0.1, 0.15) is 21.5 Å². The average molecular weight is 429 g/mol. The number of amides is 1. The molecule has 0 radical (unpaired) electrons. The van der Waals surface area contributed by atoms with Gasteiger partial charge in [0.2, 0.25) is 0 Å². The van der Waals surface area contributed by atoms with Crippen molar-refractivity contribution in [2.45, 2.75) is 13.1 Å². The Kier molecular flexibility index (Phi) is 6.22. The van der Waals surface area contributed by atoms with Gasteiger partial charge in [-0.25, -0.2) is 4.79 Å². The van der Waals surface area contributed by atoms with E-state index in [9.17, 15) is 9.59 Å². The second-order valence-corrected chi connectivity index (χ2v) is 7.32. The molecule has 0 aliphatic rings. The van der Waals surface area contributed by atoms with Gasteiger partial charge in [0.15, 0.2) is 11.5 Å². The lowest BCUT2D eigenvalue weighted by Gasteiger charge is -2.23. The molecule has 1 aromatic heterocycles. The molecule has 1 amide bonds. The summed E-state index contributed by atoms with van der Waals surface area (Å²) in [5.74, 6) is 0.776. The molecular formula is C26H23NO5. The molecule has 32 heavy (non-hydrogen) atoms. The molecule has 0 spiro atoms. The fourth-order valence-corrected chi connectivity index (χ4v) is 3.58. The Morgan fingerprint density at radius 3 is 2.25 bits per heavy atom. The van der Waals surface area contributed by atoms with Crippen molar-refractivity contribution < 1.29 is 18.7 Å². The average Bonchev–Trinajstić information content (AvgIpc) is 2.83. The molecule has 0 aliphatic heterocycles. The van der Waals surface area contributed by atoms with Crippen molar-refractivity contribution in [3.8, 4) is 11.5 Å². The summed E-state index contributed by atoms with van der Waals surface area (Å²) in [6.45, 7) is 0.612. The van der Waals surface area contributed by atoms with Crippen molar-refractivity contribution in [2.75, 3.05) is 14.2 Å². The molecule has 4 aromatic rings. The standard InChI is InChI=1S/C26H23NO5/c1-30-23-13-12-19(14-24(23)31-2)17-27(16-18-8-4-3-5-9-18)25(28)21-15-20-10-6-7-11-22(20)32-26(21)29/h3-15H,16-17H2,1-2H3. The van der Waals surface area contributed by atoms with E-state index in [0.717, 1.165) is 11.1 Å². The van der Waals surface area contributed by atoms with Gasteiger partial charge in [-0.2, -0.15) is 0 Å². The first-order chi connectivity index (χ1) is 15.6. The van der Waals surface area contributed by atoms with Crippen LogP contribution in [0, 0.1) is 0 Å². The molecule has 3 aromatic carbocycles. The molecule has 6 nitrogen and oxygen atoms in total. The lowest BCUT2D eigenvalue weighted by atomic mass is 10.1. The Morgan fingerprint density at radius 1 is 0.812 bits per heavy atom. The third-order valence-electron chi connectivity index (χ3n) is 5.20. The number of nitrogens with zero attached hydrogens (tertiary/aromatic N) is 1. The number of hydrogen-bond acceptors (Lipinski definition) is 5. The Morgan fingerprint density at radius 2 is 1.50 bits per heavy atom. The van der Waals surface area contributed by atoms with Crippen molar-refractivity contribution in [2.24, 2.45) is 0 Å². The van der Waals surface area contributed by atoms with Crippen molar-refractivity contribution in [1.82, 2.24) is 4.90 Å². The first-order valence-corrected chi connectivity index (χ1v) is 10.2. The molecule has 0 N–H and O–H groups in total. The molecule has 4 rings (SSSR count). The van der Waals surface area contributed by atoms with Gasteiger partial charge in [0.25, 0.3) is 5.91 Å². The topological polar surface area (TPSA) is 69.0 Å². The quantitative estimate of drug-likeness (QED) is 0.400. The normalized spacial score (nSPS) is 10.7. The number of methoxy groups -OCH3 is 2. The van der Waals surface area contributed by atoms with Gasteiger partial charge >= 0.3 is 5.63 Å². The summed E-state index contributed by atoms with van der Waals surface area (Å²) in [5.41, 5.74) is 1.59. The Labute approximate surface area is 185 Å². The minimum atomic E-state index is -0.654. The van der Waals surface area contributed by atoms with Crippen molar-refractivity contribution >= 4 is 16.9 Å². The molecular weight excluding hydrogens is 406 g/mol. The third-order valence-corrected chi connectivity index (χ3v) is 5.20. The predicted octanol–water partition coefficient (Wildman–Crippen LogP) is 4.65. The van der Waals surface area contributed by atoms with Crippen LogP contribution in [0.2, 0.25) is 0 Å². The Balaban J connectivity index is 1.72. The van der Waals surface area contributed by atoms with Gasteiger partial charge in [-0.15, -0.1) is 0 Å². The van der Waals surface area contributed by atoms with Crippen LogP contribution in [0.5, 0.6) is 11.5 Å². The highest BCUT2D eigenvalue weighted by molar-refractivity contribution is 5.96. The number of rotatable bonds is 7. The van der Waals surface area contributed by atoms with E-state index in [0.29, 0.717) is 29.0 Å². The highest BCUT2D eigenvalue weighted by Crippen LogP contribution is 2.28. The van der Waals surface area contributed by atoms with E-state index in [1.54, 1.807) is 43.4 Å². The van der Waals surface area contributed by atoms with Crippen molar-refractivity contribution in [3.05, 3.63) is 106 Å². The van der Waals surface area contributed by atoms with Crippen LogP contribution < -0.4 is 15.1 Å². The van der Waals surface area contributed by atoms with Crippen LogP contribution in [-0.2, 0) is 13.1 Å². The van der Waals surface area contributed by atoms with Gasteiger partial charge in [0.1, 0.15) is 11.1 Å². The zero-order valence-electron chi connectivity index (χ0n) is 17.9. The lowest BCUT2D eigenvalue weighted by Crippen LogP contribution is -2.33. The van der Waals surface area contributed by atoms with E-state index in [2.05, 4.69) is 0 Å². The molecule has 0 aliphatic carbocycles. The summed E-state index contributed by atoms with van der Waals surface area (Å²) in [4.78, 5) is 27.7. The molecule has 0 fully saturated rings. The number of carbonyl (C=O) groups is 1. The minimum absolute atomic E-state index is 0.0000998. The number of para-hydroxylation sites is 1. The predicted molar refractivity (Wildman–Crippen MR) is 122 cm³/mol. The van der Waals surface area contributed by atoms with Crippen LogP contribution >= 0.6 is 0 Å². The second-order valence-electron chi connectivity index (χ2n) is 7.32. The summed E-state index contributed by atoms with van der Waals surface area (Å²) in [7, 11) is 3.14. The monoisotopic (exact) mass is 429 g/mol. The zero-order chi connectivity index (χ0) is 22.5. The lowest BCUT2D eigenvalue weighted by molar-refractivity contribution is 0.0725. The van der Waals surface area contributed by atoms with Gasteiger partial charge in [-0.1, -0.05) is 54.6 Å². The molecule has 0 atom stereocenters. The van der Waals surface area contributed by atoms with Gasteiger partial charge in [0, 0.05) is 18.5 Å². The third kappa shape index (κ3) is 4.49. The summed E-state index contributed by atoms with van der Waals surface area (Å²) in [5, 5.41) is 0.696. The molecule has 6 heteroatoms. The number of hydrogen-bond donors (Lipinski definition) is 0. The Hall–Kier alpha value is -4.06.